The zero-order valence-electron chi connectivity index (χ0n) is 9.76. The molecule has 1 aliphatic rings. The van der Waals surface area contributed by atoms with E-state index in [2.05, 4.69) is 34.3 Å². The fraction of sp³-hybridized carbons (Fsp3) is 0.889. The van der Waals surface area contributed by atoms with Crippen LogP contribution in [-0.4, -0.2) is 125 Å². The molecule has 1 fully saturated rings. The van der Waals surface area contributed by atoms with Gasteiger partial charge in [-0.15, -0.1) is 0 Å². The first-order valence-corrected chi connectivity index (χ1v) is 6.01. The first-order chi connectivity index (χ1) is 8.32. The number of thiocarbonyl (C=S) groups is 1. The number of hydrogen-bond acceptors (Lipinski definition) is 8. The van der Waals surface area contributed by atoms with Crippen molar-refractivity contribution < 1.29 is 35.0 Å². The molecule has 0 unspecified atom stereocenters. The summed E-state index contributed by atoms with van der Waals surface area (Å²) in [6.45, 7) is 1.12. The van der Waals surface area contributed by atoms with Crippen LogP contribution in [0, 0.1) is 0 Å². The summed E-state index contributed by atoms with van der Waals surface area (Å²) in [5.41, 5.74) is 0. The van der Waals surface area contributed by atoms with Crippen LogP contribution in [0.2, 0.25) is 0 Å². The van der Waals surface area contributed by atoms with Gasteiger partial charge in [-0.25, -0.2) is 0 Å². The van der Waals surface area contributed by atoms with Gasteiger partial charge in [0.2, 0.25) is 10.2 Å². The third kappa shape index (κ3) is 7.45. The van der Waals surface area contributed by atoms with Crippen LogP contribution in [0.15, 0.2) is 0 Å². The van der Waals surface area contributed by atoms with Gasteiger partial charge in [-0.1, -0.05) is 12.6 Å². The zero-order chi connectivity index (χ0) is 14.3. The second kappa shape index (κ2) is 11.2. The summed E-state index contributed by atoms with van der Waals surface area (Å²) in [7, 11) is 0. The molecule has 0 aromatic carbocycles. The second-order valence-corrected chi connectivity index (χ2v) is 4.56. The van der Waals surface area contributed by atoms with Crippen molar-refractivity contribution in [2.45, 2.75) is 31.0 Å². The molecule has 0 amide bonds. The standard InChI is InChI=1S/C6H12O6.C3H6OS2.K.H/c7-1-3-4(9)5(10)6(11,2-8)12-3;1-2-4-3(5)6;;/h3-5,7-11H,1-2H2;2H2,1H3,(H,5,6);;/t3-,4-,5+,6-;;;/m1.../s1. The topological polar surface area (TPSA) is 120 Å². The predicted molar refractivity (Wildman–Crippen MR) is 76.4 cm³/mol. The van der Waals surface area contributed by atoms with E-state index in [0.717, 1.165) is 0 Å². The van der Waals surface area contributed by atoms with E-state index in [4.69, 9.17) is 20.4 Å². The molecule has 5 N–H and O–H groups in total. The molecule has 1 rings (SSSR count). The summed E-state index contributed by atoms with van der Waals surface area (Å²) in [5.74, 6) is -2.16. The molecule has 0 radical (unpaired) electrons. The number of aliphatic hydroxyl groups excluding tert-OH is 4. The van der Waals surface area contributed by atoms with Gasteiger partial charge in [0.1, 0.15) is 18.3 Å². The van der Waals surface area contributed by atoms with E-state index >= 15 is 0 Å². The Kier molecular flexibility index (Phi) is 13.5. The van der Waals surface area contributed by atoms with E-state index in [-0.39, 0.29) is 51.4 Å². The molecule has 7 nitrogen and oxygen atoms in total. The van der Waals surface area contributed by atoms with Gasteiger partial charge in [0, 0.05) is 0 Å². The molecule has 0 aliphatic carbocycles. The van der Waals surface area contributed by atoms with E-state index in [1.807, 2.05) is 6.92 Å². The number of rotatable bonds is 3. The molecule has 1 saturated heterocycles. The first kappa shape index (κ1) is 22.9. The average Bonchev–Trinajstić information content (AvgIpc) is 2.55. The van der Waals surface area contributed by atoms with Crippen LogP contribution in [0.4, 0.5) is 0 Å². The van der Waals surface area contributed by atoms with Gasteiger partial charge in [-0.05, 0) is 19.1 Å². The second-order valence-electron chi connectivity index (χ2n) is 3.48. The molecule has 10 heteroatoms. The minimum absolute atomic E-state index is 0. The summed E-state index contributed by atoms with van der Waals surface area (Å²) < 4.78 is 9.58. The molecular weight excluding hydrogens is 323 g/mol. The summed E-state index contributed by atoms with van der Waals surface area (Å²) in [5, 5.41) is 44.7. The summed E-state index contributed by atoms with van der Waals surface area (Å²) in [6, 6.07) is 0. The first-order valence-electron chi connectivity index (χ1n) is 5.16. The monoisotopic (exact) mass is 342 g/mol. The van der Waals surface area contributed by atoms with Crippen LogP contribution in [0.3, 0.4) is 0 Å². The molecule has 1 heterocycles. The van der Waals surface area contributed by atoms with Gasteiger partial charge in [-0.3, -0.25) is 0 Å². The zero-order valence-corrected chi connectivity index (χ0v) is 11.5. The fourth-order valence-corrected chi connectivity index (χ4v) is 1.52. The van der Waals surface area contributed by atoms with Crippen molar-refractivity contribution in [2.75, 3.05) is 19.8 Å². The van der Waals surface area contributed by atoms with E-state index in [1.54, 1.807) is 0 Å². The predicted octanol–water partition coefficient (Wildman–Crippen LogP) is -2.63. The molecular formula is C9H19KO7S2. The Labute approximate surface area is 164 Å². The van der Waals surface area contributed by atoms with E-state index < -0.39 is 37.3 Å². The fourth-order valence-electron chi connectivity index (χ4n) is 1.27. The van der Waals surface area contributed by atoms with Crippen molar-refractivity contribution in [3.8, 4) is 0 Å². The normalized spacial score (nSPS) is 32.9. The molecule has 0 saturated carbocycles. The van der Waals surface area contributed by atoms with Crippen LogP contribution in [0.1, 0.15) is 6.92 Å². The van der Waals surface area contributed by atoms with Crippen LogP contribution in [-0.2, 0) is 9.47 Å². The number of thiol groups is 1. The van der Waals surface area contributed by atoms with Crippen molar-refractivity contribution in [1.82, 2.24) is 0 Å². The Balaban J connectivity index is 0. The average molecular weight is 342 g/mol. The van der Waals surface area contributed by atoms with Crippen molar-refractivity contribution in [3.05, 3.63) is 0 Å². The van der Waals surface area contributed by atoms with Crippen LogP contribution in [0.5, 0.6) is 0 Å². The summed E-state index contributed by atoms with van der Waals surface area (Å²) >= 11 is 8.12. The van der Waals surface area contributed by atoms with Gasteiger partial charge in [0.25, 0.3) is 0 Å². The molecule has 110 valence electrons. The molecule has 0 spiro atoms. The van der Waals surface area contributed by atoms with E-state index in [9.17, 15) is 5.11 Å². The van der Waals surface area contributed by atoms with Gasteiger partial charge < -0.3 is 35.0 Å². The van der Waals surface area contributed by atoms with Crippen molar-refractivity contribution in [1.29, 1.82) is 0 Å². The molecule has 1 aliphatic heterocycles. The van der Waals surface area contributed by atoms with E-state index in [1.165, 1.54) is 0 Å². The number of hydrogen-bond donors (Lipinski definition) is 6. The van der Waals surface area contributed by atoms with Crippen molar-refractivity contribution in [3.63, 3.8) is 0 Å². The summed E-state index contributed by atoms with van der Waals surface area (Å²) in [6.07, 6.45) is -4.04. The van der Waals surface area contributed by atoms with Gasteiger partial charge in [0.15, 0.2) is 0 Å². The maximum absolute atomic E-state index is 9.25. The van der Waals surface area contributed by atoms with E-state index in [0.29, 0.717) is 11.0 Å². The Morgan fingerprint density at radius 3 is 2.11 bits per heavy atom. The van der Waals surface area contributed by atoms with Crippen LogP contribution >= 0.6 is 24.8 Å². The number of aliphatic hydroxyl groups is 5. The SMILES string of the molecule is CCOC(=S)S.OC[C@H]1O[C@](O)(CO)[C@@H](O)[C@@H]1O.[KH]. The molecule has 0 aromatic rings. The van der Waals surface area contributed by atoms with Crippen molar-refractivity contribution in [2.24, 2.45) is 0 Å². The molecule has 19 heavy (non-hydrogen) atoms. The Morgan fingerprint density at radius 1 is 1.42 bits per heavy atom. The summed E-state index contributed by atoms with van der Waals surface area (Å²) in [4.78, 5) is 0. The quantitative estimate of drug-likeness (QED) is 0.187. The Morgan fingerprint density at radius 2 is 1.95 bits per heavy atom. The Hall–Kier alpha value is 1.64. The number of ether oxygens (including phenoxy) is 2. The minimum atomic E-state index is -2.16. The van der Waals surface area contributed by atoms with Gasteiger partial charge >= 0.3 is 51.4 Å². The van der Waals surface area contributed by atoms with Crippen molar-refractivity contribution >= 4 is 80.6 Å². The van der Waals surface area contributed by atoms with Gasteiger partial charge in [-0.2, -0.15) is 0 Å². The molecule has 4 atom stereocenters. The van der Waals surface area contributed by atoms with Crippen LogP contribution < -0.4 is 0 Å². The van der Waals surface area contributed by atoms with Crippen LogP contribution in [0.25, 0.3) is 0 Å². The third-order valence-corrected chi connectivity index (χ3v) is 2.44. The molecule has 0 aromatic heterocycles. The Bertz CT molecular complexity index is 271. The van der Waals surface area contributed by atoms with Gasteiger partial charge in [0.05, 0.1) is 19.8 Å². The molecule has 0 bridgehead atoms. The third-order valence-electron chi connectivity index (χ3n) is 2.20. The maximum atomic E-state index is 9.25.